The smallest absolute Gasteiger partial charge is 0.242 e. The second kappa shape index (κ2) is 10.4. The Morgan fingerprint density at radius 3 is 2.52 bits per heavy atom. The summed E-state index contributed by atoms with van der Waals surface area (Å²) in [4.78, 5) is 7.54. The molecule has 1 heterocycles. The molecule has 1 saturated heterocycles. The third kappa shape index (κ3) is 5.64. The maximum atomic E-state index is 12.6. The number of halogens is 1. The molecular weight excluding hydrogens is 499 g/mol. The topological polar surface area (TPSA) is 65.0 Å². The highest BCUT2D eigenvalue weighted by atomic mass is 127. The third-order valence-electron chi connectivity index (χ3n) is 6.12. The summed E-state index contributed by atoms with van der Waals surface area (Å²) < 4.78 is 26.5. The van der Waals surface area contributed by atoms with E-state index in [-0.39, 0.29) is 24.0 Å². The van der Waals surface area contributed by atoms with Crippen LogP contribution in [0.4, 0.5) is 0 Å². The van der Waals surface area contributed by atoms with Crippen LogP contribution in [0.15, 0.2) is 34.2 Å². The molecule has 2 fully saturated rings. The Labute approximate surface area is 193 Å². The summed E-state index contributed by atoms with van der Waals surface area (Å²) >= 11 is 0. The Morgan fingerprint density at radius 2 is 1.86 bits per heavy atom. The Morgan fingerprint density at radius 1 is 1.17 bits per heavy atom. The molecule has 0 unspecified atom stereocenters. The largest absolute Gasteiger partial charge is 0.357 e. The summed E-state index contributed by atoms with van der Waals surface area (Å²) in [5.41, 5.74) is 1.19. The van der Waals surface area contributed by atoms with E-state index in [2.05, 4.69) is 17.1 Å². The number of guanidine groups is 1. The van der Waals surface area contributed by atoms with Crippen molar-refractivity contribution in [3.8, 4) is 0 Å². The molecular formula is C21H35IN4O2S. The van der Waals surface area contributed by atoms with Crippen LogP contribution in [0.5, 0.6) is 0 Å². The van der Waals surface area contributed by atoms with Gasteiger partial charge in [0.05, 0.1) is 11.4 Å². The van der Waals surface area contributed by atoms with Crippen molar-refractivity contribution in [2.45, 2.75) is 56.9 Å². The van der Waals surface area contributed by atoms with Crippen molar-refractivity contribution in [3.63, 3.8) is 0 Å². The number of rotatable bonds is 5. The van der Waals surface area contributed by atoms with Gasteiger partial charge in [-0.3, -0.25) is 0 Å². The highest BCUT2D eigenvalue weighted by molar-refractivity contribution is 14.0. The number of nitrogens with zero attached hydrogens (tertiary/aromatic N) is 3. The number of hydrogen-bond donors (Lipinski definition) is 1. The average Bonchev–Trinajstić information content (AvgIpc) is 3.08. The molecule has 1 aromatic rings. The molecule has 6 nitrogen and oxygen atoms in total. The first kappa shape index (κ1) is 24.4. The maximum absolute atomic E-state index is 12.6. The normalized spacial score (nSPS) is 19.4. The lowest BCUT2D eigenvalue weighted by atomic mass is 9.73. The second-order valence-electron chi connectivity index (χ2n) is 8.30. The van der Waals surface area contributed by atoms with Crippen LogP contribution >= 0.6 is 24.0 Å². The lowest BCUT2D eigenvalue weighted by molar-refractivity contribution is 0.203. The van der Waals surface area contributed by atoms with E-state index in [1.54, 1.807) is 26.2 Å². The molecule has 2 aliphatic rings. The first-order valence-electron chi connectivity index (χ1n) is 10.4. The van der Waals surface area contributed by atoms with Crippen LogP contribution in [0.2, 0.25) is 0 Å². The Hall–Kier alpha value is -0.870. The van der Waals surface area contributed by atoms with Crippen LogP contribution in [-0.4, -0.2) is 57.3 Å². The van der Waals surface area contributed by atoms with Crippen molar-refractivity contribution in [2.24, 2.45) is 10.4 Å². The van der Waals surface area contributed by atoms with Crippen LogP contribution in [0.25, 0.3) is 0 Å². The van der Waals surface area contributed by atoms with E-state index >= 15 is 0 Å². The molecule has 1 spiro atoms. The molecule has 0 radical (unpaired) electrons. The molecule has 1 N–H and O–H groups in total. The molecule has 164 valence electrons. The monoisotopic (exact) mass is 534 g/mol. The number of sulfonamides is 1. The van der Waals surface area contributed by atoms with Crippen LogP contribution in [0.1, 0.15) is 51.0 Å². The Kier molecular flexibility index (Phi) is 8.78. The SMILES string of the molecule is CCNC(=NCc1ccccc1S(=O)(=O)N(C)C)N1CCC2(CCCCC2)C1.I. The van der Waals surface area contributed by atoms with Gasteiger partial charge in [-0.25, -0.2) is 17.7 Å². The maximum Gasteiger partial charge on any atom is 0.242 e. The van der Waals surface area contributed by atoms with E-state index in [0.29, 0.717) is 16.9 Å². The molecule has 0 bridgehead atoms. The van der Waals surface area contributed by atoms with Gasteiger partial charge >= 0.3 is 0 Å². The molecule has 1 aliphatic carbocycles. The zero-order chi connectivity index (χ0) is 20.2. The quantitative estimate of drug-likeness (QED) is 0.356. The first-order valence-corrected chi connectivity index (χ1v) is 11.9. The zero-order valence-corrected chi connectivity index (χ0v) is 21.0. The fourth-order valence-corrected chi connectivity index (χ4v) is 5.60. The highest BCUT2D eigenvalue weighted by Gasteiger charge is 2.39. The first-order chi connectivity index (χ1) is 13.4. The van der Waals surface area contributed by atoms with Gasteiger partial charge in [-0.05, 0) is 43.2 Å². The minimum atomic E-state index is -3.48. The van der Waals surface area contributed by atoms with E-state index in [9.17, 15) is 8.42 Å². The van der Waals surface area contributed by atoms with E-state index in [4.69, 9.17) is 4.99 Å². The van der Waals surface area contributed by atoms with Gasteiger partial charge in [-0.1, -0.05) is 37.5 Å². The molecule has 1 saturated carbocycles. The third-order valence-corrected chi connectivity index (χ3v) is 8.03. The molecule has 29 heavy (non-hydrogen) atoms. The lowest BCUT2D eigenvalue weighted by Crippen LogP contribution is -2.41. The molecule has 1 aliphatic heterocycles. The summed E-state index contributed by atoms with van der Waals surface area (Å²) in [7, 11) is -0.353. The summed E-state index contributed by atoms with van der Waals surface area (Å²) in [5, 5.41) is 3.41. The standard InChI is InChI=1S/C21H34N4O2S.HI/c1-4-22-20(25-15-14-21(17-25)12-8-5-9-13-21)23-16-18-10-6-7-11-19(18)28(26,27)24(2)3;/h6-7,10-11H,4-5,8-9,12-17H2,1-3H3,(H,22,23);1H. The van der Waals surface area contributed by atoms with Gasteiger partial charge in [0.2, 0.25) is 10.0 Å². The Bertz CT molecular complexity index is 805. The number of hydrogen-bond acceptors (Lipinski definition) is 3. The van der Waals surface area contributed by atoms with Gasteiger partial charge in [0.25, 0.3) is 0 Å². The summed E-state index contributed by atoms with van der Waals surface area (Å²) in [6.45, 7) is 5.33. The molecule has 0 amide bonds. The summed E-state index contributed by atoms with van der Waals surface area (Å²) in [6, 6.07) is 7.16. The van der Waals surface area contributed by atoms with Gasteiger partial charge in [-0.15, -0.1) is 24.0 Å². The predicted octanol–water partition coefficient (Wildman–Crippen LogP) is 3.68. The Balaban J connectivity index is 0.00000300. The van der Waals surface area contributed by atoms with Crippen molar-refractivity contribution in [3.05, 3.63) is 29.8 Å². The number of likely N-dealkylation sites (tertiary alicyclic amines) is 1. The van der Waals surface area contributed by atoms with Crippen molar-refractivity contribution >= 4 is 40.0 Å². The fraction of sp³-hybridized carbons (Fsp3) is 0.667. The summed E-state index contributed by atoms with van der Waals surface area (Å²) in [6.07, 6.45) is 7.95. The number of nitrogens with one attached hydrogen (secondary N) is 1. The zero-order valence-electron chi connectivity index (χ0n) is 17.9. The summed E-state index contributed by atoms with van der Waals surface area (Å²) in [5.74, 6) is 0.905. The van der Waals surface area contributed by atoms with E-state index in [1.165, 1.54) is 42.8 Å². The average molecular weight is 535 g/mol. The molecule has 8 heteroatoms. The lowest BCUT2D eigenvalue weighted by Gasteiger charge is -2.33. The van der Waals surface area contributed by atoms with Gasteiger partial charge < -0.3 is 10.2 Å². The molecule has 0 aromatic heterocycles. The van der Waals surface area contributed by atoms with Crippen LogP contribution in [-0.2, 0) is 16.6 Å². The molecule has 3 rings (SSSR count). The highest BCUT2D eigenvalue weighted by Crippen LogP contribution is 2.43. The second-order valence-corrected chi connectivity index (χ2v) is 10.4. The van der Waals surface area contributed by atoms with Gasteiger partial charge in [0, 0.05) is 33.7 Å². The minimum Gasteiger partial charge on any atom is -0.357 e. The van der Waals surface area contributed by atoms with Crippen molar-refractivity contribution in [2.75, 3.05) is 33.7 Å². The minimum absolute atomic E-state index is 0. The van der Waals surface area contributed by atoms with Crippen LogP contribution < -0.4 is 5.32 Å². The van der Waals surface area contributed by atoms with Crippen molar-refractivity contribution < 1.29 is 8.42 Å². The van der Waals surface area contributed by atoms with Crippen molar-refractivity contribution in [1.82, 2.24) is 14.5 Å². The van der Waals surface area contributed by atoms with E-state index in [0.717, 1.165) is 31.2 Å². The molecule has 1 aromatic carbocycles. The van der Waals surface area contributed by atoms with Gasteiger partial charge in [0.15, 0.2) is 5.96 Å². The number of benzene rings is 1. The molecule has 0 atom stereocenters. The van der Waals surface area contributed by atoms with E-state index < -0.39 is 10.0 Å². The van der Waals surface area contributed by atoms with Crippen molar-refractivity contribution in [1.29, 1.82) is 0 Å². The van der Waals surface area contributed by atoms with Crippen LogP contribution in [0.3, 0.4) is 0 Å². The van der Waals surface area contributed by atoms with Crippen LogP contribution in [0, 0.1) is 5.41 Å². The van der Waals surface area contributed by atoms with Gasteiger partial charge in [-0.2, -0.15) is 0 Å². The van der Waals surface area contributed by atoms with E-state index in [1.807, 2.05) is 12.1 Å². The van der Waals surface area contributed by atoms with Gasteiger partial charge in [0.1, 0.15) is 0 Å². The number of aliphatic imine (C=N–C) groups is 1. The predicted molar refractivity (Wildman–Crippen MR) is 129 cm³/mol. The fourth-order valence-electron chi connectivity index (χ4n) is 4.49.